The van der Waals surface area contributed by atoms with Crippen LogP contribution < -0.4 is 4.74 Å². The summed E-state index contributed by atoms with van der Waals surface area (Å²) in [7, 11) is 3.12. The fraction of sp³-hybridized carbons (Fsp3) is 0.294. The molecular formula is C17H19BrN2O4. The SMILES string of the molecule is COC[C@@H](O)CN(C)C(=O)c1ccc(Oc2cccc(Br)c2)nc1. The maximum Gasteiger partial charge on any atom is 0.255 e. The van der Waals surface area contributed by atoms with E-state index in [4.69, 9.17) is 9.47 Å². The number of ether oxygens (including phenoxy) is 2. The van der Waals surface area contributed by atoms with Gasteiger partial charge in [-0.15, -0.1) is 0 Å². The number of amides is 1. The van der Waals surface area contributed by atoms with Gasteiger partial charge in [0.2, 0.25) is 5.88 Å². The molecule has 0 aliphatic rings. The van der Waals surface area contributed by atoms with Crippen molar-refractivity contribution < 1.29 is 19.4 Å². The van der Waals surface area contributed by atoms with Crippen LogP contribution in [0.15, 0.2) is 47.1 Å². The Kier molecular flexibility index (Phi) is 6.72. The molecule has 1 N–H and O–H groups in total. The molecule has 2 rings (SSSR count). The smallest absolute Gasteiger partial charge is 0.255 e. The highest BCUT2D eigenvalue weighted by Crippen LogP contribution is 2.23. The summed E-state index contributed by atoms with van der Waals surface area (Å²) in [5.74, 6) is 0.814. The normalized spacial score (nSPS) is 11.8. The van der Waals surface area contributed by atoms with Gasteiger partial charge in [-0.05, 0) is 24.3 Å². The Morgan fingerprint density at radius 2 is 2.17 bits per heavy atom. The number of hydrogen-bond donors (Lipinski definition) is 1. The van der Waals surface area contributed by atoms with Crippen molar-refractivity contribution in [2.24, 2.45) is 0 Å². The van der Waals surface area contributed by atoms with Crippen molar-refractivity contribution in [3.05, 3.63) is 52.6 Å². The molecule has 0 aliphatic carbocycles. The highest BCUT2D eigenvalue weighted by Gasteiger charge is 2.16. The van der Waals surface area contributed by atoms with Gasteiger partial charge in [-0.25, -0.2) is 4.98 Å². The van der Waals surface area contributed by atoms with Crippen molar-refractivity contribution in [3.8, 4) is 11.6 Å². The number of aromatic nitrogens is 1. The van der Waals surface area contributed by atoms with Crippen molar-refractivity contribution in [1.29, 1.82) is 0 Å². The maximum absolute atomic E-state index is 12.3. The number of rotatable bonds is 7. The lowest BCUT2D eigenvalue weighted by Crippen LogP contribution is -2.36. The van der Waals surface area contributed by atoms with Gasteiger partial charge in [-0.2, -0.15) is 0 Å². The molecule has 1 heterocycles. The number of carbonyl (C=O) groups is 1. The predicted molar refractivity (Wildman–Crippen MR) is 93.3 cm³/mol. The van der Waals surface area contributed by atoms with Crippen LogP contribution in [0.5, 0.6) is 11.6 Å². The molecule has 0 radical (unpaired) electrons. The first kappa shape index (κ1) is 18.4. The Morgan fingerprint density at radius 3 is 2.79 bits per heavy atom. The van der Waals surface area contributed by atoms with Gasteiger partial charge in [0.05, 0.1) is 18.3 Å². The zero-order valence-corrected chi connectivity index (χ0v) is 15.1. The number of methoxy groups -OCH3 is 1. The van der Waals surface area contributed by atoms with E-state index in [0.717, 1.165) is 4.47 Å². The van der Waals surface area contributed by atoms with E-state index in [1.54, 1.807) is 19.2 Å². The number of nitrogens with zero attached hydrogens (tertiary/aromatic N) is 2. The molecule has 0 saturated heterocycles. The van der Waals surface area contributed by atoms with Gasteiger partial charge in [-0.1, -0.05) is 22.0 Å². The summed E-state index contributed by atoms with van der Waals surface area (Å²) < 4.78 is 11.4. The Hall–Kier alpha value is -1.96. The van der Waals surface area contributed by atoms with Crippen LogP contribution in [-0.4, -0.2) is 54.3 Å². The zero-order valence-electron chi connectivity index (χ0n) is 13.5. The van der Waals surface area contributed by atoms with E-state index in [1.807, 2.05) is 24.3 Å². The highest BCUT2D eigenvalue weighted by molar-refractivity contribution is 9.10. The van der Waals surface area contributed by atoms with Crippen LogP contribution in [0, 0.1) is 0 Å². The first-order chi connectivity index (χ1) is 11.5. The molecule has 0 spiro atoms. The Balaban J connectivity index is 1.99. The molecule has 1 aromatic carbocycles. The second kappa shape index (κ2) is 8.77. The second-order valence-electron chi connectivity index (χ2n) is 5.24. The first-order valence-corrected chi connectivity index (χ1v) is 8.11. The number of aliphatic hydroxyl groups excluding tert-OH is 1. The van der Waals surface area contributed by atoms with E-state index in [-0.39, 0.29) is 19.1 Å². The molecule has 128 valence electrons. The number of carbonyl (C=O) groups excluding carboxylic acids is 1. The number of benzene rings is 1. The van der Waals surface area contributed by atoms with Crippen LogP contribution in [-0.2, 0) is 4.74 Å². The summed E-state index contributed by atoms with van der Waals surface area (Å²) in [6.45, 7) is 0.359. The molecule has 1 atom stereocenters. The van der Waals surface area contributed by atoms with Gasteiger partial charge >= 0.3 is 0 Å². The van der Waals surface area contributed by atoms with E-state index >= 15 is 0 Å². The number of hydrogen-bond acceptors (Lipinski definition) is 5. The largest absolute Gasteiger partial charge is 0.439 e. The minimum absolute atomic E-state index is 0.176. The molecule has 7 heteroatoms. The fourth-order valence-electron chi connectivity index (χ4n) is 2.08. The molecular weight excluding hydrogens is 376 g/mol. The third-order valence-corrected chi connectivity index (χ3v) is 3.69. The highest BCUT2D eigenvalue weighted by atomic mass is 79.9. The van der Waals surface area contributed by atoms with Crippen molar-refractivity contribution in [2.75, 3.05) is 27.3 Å². The molecule has 0 fully saturated rings. The lowest BCUT2D eigenvalue weighted by Gasteiger charge is -2.20. The molecule has 6 nitrogen and oxygen atoms in total. The second-order valence-corrected chi connectivity index (χ2v) is 6.16. The first-order valence-electron chi connectivity index (χ1n) is 7.31. The molecule has 0 bridgehead atoms. The standard InChI is InChI=1S/C17H19BrN2O4/c1-20(10-14(21)11-23-2)17(22)12-6-7-16(19-9-12)24-15-5-3-4-13(18)8-15/h3-9,14,21H,10-11H2,1-2H3/t14-/m0/s1. The summed E-state index contributed by atoms with van der Waals surface area (Å²) >= 11 is 3.37. The van der Waals surface area contributed by atoms with Gasteiger partial charge in [0.25, 0.3) is 5.91 Å². The van der Waals surface area contributed by atoms with Crippen LogP contribution in [0.1, 0.15) is 10.4 Å². The molecule has 1 amide bonds. The van der Waals surface area contributed by atoms with E-state index in [9.17, 15) is 9.90 Å². The number of aliphatic hydroxyl groups is 1. The van der Waals surface area contributed by atoms with E-state index in [0.29, 0.717) is 17.2 Å². The minimum Gasteiger partial charge on any atom is -0.439 e. The van der Waals surface area contributed by atoms with E-state index < -0.39 is 6.10 Å². The summed E-state index contributed by atoms with van der Waals surface area (Å²) in [5, 5.41) is 9.69. The van der Waals surface area contributed by atoms with Crippen LogP contribution in [0.2, 0.25) is 0 Å². The maximum atomic E-state index is 12.3. The monoisotopic (exact) mass is 394 g/mol. The minimum atomic E-state index is -0.726. The third kappa shape index (κ3) is 5.30. The lowest BCUT2D eigenvalue weighted by molar-refractivity contribution is 0.0380. The average molecular weight is 395 g/mol. The molecule has 1 aromatic heterocycles. The fourth-order valence-corrected chi connectivity index (χ4v) is 2.46. The van der Waals surface area contributed by atoms with Crippen molar-refractivity contribution in [2.45, 2.75) is 6.10 Å². The number of likely N-dealkylation sites (N-methyl/N-ethyl adjacent to an activating group) is 1. The molecule has 24 heavy (non-hydrogen) atoms. The molecule has 0 saturated carbocycles. The van der Waals surface area contributed by atoms with Gasteiger partial charge in [0.15, 0.2) is 0 Å². The van der Waals surface area contributed by atoms with Crippen molar-refractivity contribution in [3.63, 3.8) is 0 Å². The third-order valence-electron chi connectivity index (χ3n) is 3.19. The van der Waals surface area contributed by atoms with Crippen LogP contribution >= 0.6 is 15.9 Å². The van der Waals surface area contributed by atoms with Crippen molar-refractivity contribution in [1.82, 2.24) is 9.88 Å². The lowest BCUT2D eigenvalue weighted by atomic mass is 10.2. The Morgan fingerprint density at radius 1 is 1.38 bits per heavy atom. The predicted octanol–water partition coefficient (Wildman–Crippen LogP) is 2.72. The average Bonchev–Trinajstić information content (AvgIpc) is 2.55. The topological polar surface area (TPSA) is 71.9 Å². The molecule has 0 unspecified atom stereocenters. The van der Waals surface area contributed by atoms with Gasteiger partial charge in [0.1, 0.15) is 5.75 Å². The summed E-state index contributed by atoms with van der Waals surface area (Å²) in [4.78, 5) is 17.9. The van der Waals surface area contributed by atoms with Crippen LogP contribution in [0.3, 0.4) is 0 Å². The van der Waals surface area contributed by atoms with Crippen LogP contribution in [0.25, 0.3) is 0 Å². The summed E-state index contributed by atoms with van der Waals surface area (Å²) in [6.07, 6.45) is 0.727. The Bertz CT molecular complexity index is 679. The van der Waals surface area contributed by atoms with Gasteiger partial charge in [0, 0.05) is 37.4 Å². The molecule has 2 aromatic rings. The number of pyridine rings is 1. The van der Waals surface area contributed by atoms with Crippen LogP contribution in [0.4, 0.5) is 0 Å². The van der Waals surface area contributed by atoms with E-state index in [1.165, 1.54) is 18.2 Å². The van der Waals surface area contributed by atoms with E-state index in [2.05, 4.69) is 20.9 Å². The Labute approximate surface area is 149 Å². The quantitative estimate of drug-likeness (QED) is 0.781. The molecule has 0 aliphatic heterocycles. The van der Waals surface area contributed by atoms with Crippen molar-refractivity contribution >= 4 is 21.8 Å². The van der Waals surface area contributed by atoms with Gasteiger partial charge in [-0.3, -0.25) is 4.79 Å². The van der Waals surface area contributed by atoms with Gasteiger partial charge < -0.3 is 19.5 Å². The summed E-state index contributed by atoms with van der Waals surface area (Å²) in [5.41, 5.74) is 0.420. The number of halogens is 1. The zero-order chi connectivity index (χ0) is 17.5. The summed E-state index contributed by atoms with van der Waals surface area (Å²) in [6, 6.07) is 10.7.